The highest BCUT2D eigenvalue weighted by molar-refractivity contribution is 6.43. The molecular weight excluding hydrogens is 296 g/mol. The molecule has 1 rings (SSSR count). The van der Waals surface area contributed by atoms with E-state index in [1.807, 2.05) is 13.8 Å². The first-order chi connectivity index (χ1) is 8.40. The minimum Gasteiger partial charge on any atom is -0.489 e. The molecule has 18 heavy (non-hydrogen) atoms. The first kappa shape index (κ1) is 15.9. The molecule has 0 saturated carbocycles. The number of aliphatic hydroxyl groups is 1. The summed E-state index contributed by atoms with van der Waals surface area (Å²) >= 11 is 17.6. The highest BCUT2D eigenvalue weighted by Crippen LogP contribution is 2.33. The fourth-order valence-electron chi connectivity index (χ4n) is 1.23. The van der Waals surface area contributed by atoms with Gasteiger partial charge in [-0.25, -0.2) is 0 Å². The van der Waals surface area contributed by atoms with Crippen molar-refractivity contribution in [2.75, 3.05) is 13.2 Å². The van der Waals surface area contributed by atoms with Crippen LogP contribution in [0.5, 0.6) is 5.75 Å². The number of rotatable bonds is 6. The lowest BCUT2D eigenvalue weighted by molar-refractivity contribution is 0.105. The van der Waals surface area contributed by atoms with Gasteiger partial charge < -0.3 is 15.2 Å². The molecule has 0 spiro atoms. The van der Waals surface area contributed by atoms with Crippen LogP contribution in [0.2, 0.25) is 15.1 Å². The van der Waals surface area contributed by atoms with Gasteiger partial charge in [-0.2, -0.15) is 0 Å². The second-order valence-corrected chi connectivity index (χ2v) is 5.45. The summed E-state index contributed by atoms with van der Waals surface area (Å²) in [7, 11) is 0. The molecule has 0 fully saturated rings. The van der Waals surface area contributed by atoms with Crippen molar-refractivity contribution in [3.63, 3.8) is 0 Å². The maximum Gasteiger partial charge on any atom is 0.139 e. The number of ether oxygens (including phenoxy) is 1. The van der Waals surface area contributed by atoms with E-state index in [9.17, 15) is 5.11 Å². The lowest BCUT2D eigenvalue weighted by Crippen LogP contribution is -2.35. The van der Waals surface area contributed by atoms with Gasteiger partial charge in [0, 0.05) is 18.7 Å². The number of nitrogens with one attached hydrogen (secondary N) is 1. The van der Waals surface area contributed by atoms with Crippen molar-refractivity contribution < 1.29 is 9.84 Å². The van der Waals surface area contributed by atoms with Crippen LogP contribution in [-0.4, -0.2) is 30.4 Å². The molecule has 1 aromatic carbocycles. The highest BCUT2D eigenvalue weighted by Gasteiger charge is 2.10. The van der Waals surface area contributed by atoms with Crippen molar-refractivity contribution in [2.24, 2.45) is 0 Å². The van der Waals surface area contributed by atoms with Crippen molar-refractivity contribution in [3.8, 4) is 5.75 Å². The van der Waals surface area contributed by atoms with Crippen molar-refractivity contribution in [3.05, 3.63) is 27.2 Å². The van der Waals surface area contributed by atoms with E-state index in [0.29, 0.717) is 33.4 Å². The number of halogens is 3. The van der Waals surface area contributed by atoms with Gasteiger partial charge in [0.25, 0.3) is 0 Å². The summed E-state index contributed by atoms with van der Waals surface area (Å²) < 4.78 is 5.40. The van der Waals surface area contributed by atoms with Crippen molar-refractivity contribution in [2.45, 2.75) is 26.0 Å². The third-order valence-corrected chi connectivity index (χ3v) is 3.19. The van der Waals surface area contributed by atoms with Gasteiger partial charge in [0.15, 0.2) is 0 Å². The first-order valence-electron chi connectivity index (χ1n) is 5.59. The maximum absolute atomic E-state index is 9.68. The molecule has 1 aromatic rings. The van der Waals surface area contributed by atoms with E-state index in [2.05, 4.69) is 5.32 Å². The van der Waals surface area contributed by atoms with Crippen LogP contribution in [-0.2, 0) is 0 Å². The Kier molecular flexibility index (Phi) is 6.53. The quantitative estimate of drug-likeness (QED) is 0.791. The Morgan fingerprint density at radius 2 is 1.78 bits per heavy atom. The van der Waals surface area contributed by atoms with E-state index in [0.717, 1.165) is 0 Å². The molecule has 0 aliphatic heterocycles. The van der Waals surface area contributed by atoms with Gasteiger partial charge in [0.2, 0.25) is 0 Å². The minimum absolute atomic E-state index is 0.136. The van der Waals surface area contributed by atoms with Crippen LogP contribution in [0.1, 0.15) is 13.8 Å². The number of aliphatic hydroxyl groups excluding tert-OH is 1. The van der Waals surface area contributed by atoms with Crippen molar-refractivity contribution in [1.82, 2.24) is 5.32 Å². The minimum atomic E-state index is -0.613. The van der Waals surface area contributed by atoms with E-state index >= 15 is 0 Å². The molecule has 0 aliphatic rings. The van der Waals surface area contributed by atoms with Gasteiger partial charge in [-0.05, 0) is 6.07 Å². The summed E-state index contributed by atoms with van der Waals surface area (Å²) in [6.45, 7) is 4.60. The van der Waals surface area contributed by atoms with Gasteiger partial charge in [-0.15, -0.1) is 0 Å². The van der Waals surface area contributed by atoms with E-state index in [1.54, 1.807) is 0 Å². The molecular formula is C12H16Cl3NO2. The lowest BCUT2D eigenvalue weighted by Gasteiger charge is -2.15. The summed E-state index contributed by atoms with van der Waals surface area (Å²) in [5.41, 5.74) is 0. The average Bonchev–Trinajstić information content (AvgIpc) is 2.29. The first-order valence-corrected chi connectivity index (χ1v) is 6.72. The van der Waals surface area contributed by atoms with Crippen LogP contribution in [0.4, 0.5) is 0 Å². The summed E-state index contributed by atoms with van der Waals surface area (Å²) in [4.78, 5) is 0. The smallest absolute Gasteiger partial charge is 0.139 e. The standard InChI is InChI=1S/C12H16Cl3NO2/c1-7(2)16-5-8(17)6-18-12-4-10(14)9(13)3-11(12)15/h3-4,7-8,16-17H,5-6H2,1-2H3. The summed E-state index contributed by atoms with van der Waals surface area (Å²) in [5.74, 6) is 0.412. The molecule has 3 nitrogen and oxygen atoms in total. The molecule has 0 bridgehead atoms. The second kappa shape index (κ2) is 7.41. The molecule has 0 radical (unpaired) electrons. The molecule has 1 unspecified atom stereocenters. The average molecular weight is 313 g/mol. The third-order valence-electron chi connectivity index (χ3n) is 2.17. The zero-order chi connectivity index (χ0) is 13.7. The number of hydrogen-bond acceptors (Lipinski definition) is 3. The van der Waals surface area contributed by atoms with E-state index in [1.165, 1.54) is 12.1 Å². The summed E-state index contributed by atoms with van der Waals surface area (Å²) in [6.07, 6.45) is -0.613. The van der Waals surface area contributed by atoms with E-state index in [4.69, 9.17) is 39.5 Å². The normalized spacial score (nSPS) is 12.8. The molecule has 0 aliphatic carbocycles. The lowest BCUT2D eigenvalue weighted by atomic mass is 10.3. The Morgan fingerprint density at radius 1 is 1.17 bits per heavy atom. The molecule has 0 amide bonds. The Balaban J connectivity index is 2.50. The predicted octanol–water partition coefficient (Wildman–Crippen LogP) is 3.38. The zero-order valence-corrected chi connectivity index (χ0v) is 12.5. The highest BCUT2D eigenvalue weighted by atomic mass is 35.5. The van der Waals surface area contributed by atoms with Crippen LogP contribution in [0.15, 0.2) is 12.1 Å². The van der Waals surface area contributed by atoms with Crippen LogP contribution < -0.4 is 10.1 Å². The SMILES string of the molecule is CC(C)NCC(O)COc1cc(Cl)c(Cl)cc1Cl. The fourth-order valence-corrected chi connectivity index (χ4v) is 1.82. The molecule has 1 atom stereocenters. The van der Waals surface area contributed by atoms with Crippen LogP contribution >= 0.6 is 34.8 Å². The predicted molar refractivity (Wildman–Crippen MR) is 76.1 cm³/mol. The van der Waals surface area contributed by atoms with Gasteiger partial charge >= 0.3 is 0 Å². The Morgan fingerprint density at radius 3 is 2.39 bits per heavy atom. The zero-order valence-electron chi connectivity index (χ0n) is 10.2. The number of benzene rings is 1. The maximum atomic E-state index is 9.68. The Bertz CT molecular complexity index is 399. The molecule has 6 heteroatoms. The summed E-state index contributed by atoms with van der Waals surface area (Å²) in [5, 5.41) is 13.9. The van der Waals surface area contributed by atoms with Gasteiger partial charge in [-0.1, -0.05) is 48.7 Å². The molecule has 102 valence electrons. The van der Waals surface area contributed by atoms with Crippen LogP contribution in [0.25, 0.3) is 0 Å². The summed E-state index contributed by atoms with van der Waals surface area (Å²) in [6, 6.07) is 3.36. The Labute approximate surface area is 122 Å². The molecule has 2 N–H and O–H groups in total. The third kappa shape index (κ3) is 5.21. The molecule has 0 saturated heterocycles. The van der Waals surface area contributed by atoms with Crippen molar-refractivity contribution in [1.29, 1.82) is 0 Å². The van der Waals surface area contributed by atoms with Gasteiger partial charge in [0.1, 0.15) is 18.5 Å². The largest absolute Gasteiger partial charge is 0.489 e. The fraction of sp³-hybridized carbons (Fsp3) is 0.500. The number of hydrogen-bond donors (Lipinski definition) is 2. The van der Waals surface area contributed by atoms with Gasteiger partial charge in [-0.3, -0.25) is 0 Å². The molecule has 0 aromatic heterocycles. The van der Waals surface area contributed by atoms with Crippen LogP contribution in [0.3, 0.4) is 0 Å². The van der Waals surface area contributed by atoms with Crippen LogP contribution in [0, 0.1) is 0 Å². The topological polar surface area (TPSA) is 41.5 Å². The van der Waals surface area contributed by atoms with E-state index < -0.39 is 6.10 Å². The Hall–Kier alpha value is -0.190. The van der Waals surface area contributed by atoms with Crippen molar-refractivity contribution >= 4 is 34.8 Å². The monoisotopic (exact) mass is 311 g/mol. The van der Waals surface area contributed by atoms with Gasteiger partial charge in [0.05, 0.1) is 15.1 Å². The molecule has 0 heterocycles. The second-order valence-electron chi connectivity index (χ2n) is 4.22. The van der Waals surface area contributed by atoms with E-state index in [-0.39, 0.29) is 6.61 Å².